The van der Waals surface area contributed by atoms with Gasteiger partial charge >= 0.3 is 5.97 Å². The number of benzene rings is 1. The summed E-state index contributed by atoms with van der Waals surface area (Å²) in [6.07, 6.45) is 3.24. The van der Waals surface area contributed by atoms with Crippen molar-refractivity contribution in [3.8, 4) is 5.75 Å². The summed E-state index contributed by atoms with van der Waals surface area (Å²) in [7, 11) is 0. The van der Waals surface area contributed by atoms with E-state index in [-0.39, 0.29) is 18.6 Å². The molecule has 31 heavy (non-hydrogen) atoms. The van der Waals surface area contributed by atoms with Gasteiger partial charge in [0.2, 0.25) is 17.7 Å². The number of phenolic OH excluding ortho intramolecular Hbond substituents is 1. The smallest absolute Gasteiger partial charge is 0.322 e. The summed E-state index contributed by atoms with van der Waals surface area (Å²) in [6, 6.07) is 3.98. The summed E-state index contributed by atoms with van der Waals surface area (Å²) in [5.74, 6) is -3.12. The van der Waals surface area contributed by atoms with Gasteiger partial charge in [0.05, 0.1) is 18.9 Å². The van der Waals surface area contributed by atoms with Crippen LogP contribution in [0.4, 0.5) is 0 Å². The lowest BCUT2D eigenvalue weighted by molar-refractivity contribution is -0.138. The van der Waals surface area contributed by atoms with Gasteiger partial charge in [-0.3, -0.25) is 19.2 Å². The first kappa shape index (κ1) is 23.3. The standard InChI is InChI=1S/C19H24N6O6/c20-14(6-12-7-21-10-24-12)18(30)22-8-16(27)25-15(19(31)23-9-17(28)29)5-11-1-3-13(26)4-2-11/h1-4,7,10,14-15,26H,5-6,8-9,20H2,(H,21,24)(H,22,30)(H,23,31)(H,25,27)(H,28,29). The maximum absolute atomic E-state index is 12.3. The van der Waals surface area contributed by atoms with Gasteiger partial charge in [-0.25, -0.2) is 4.98 Å². The fourth-order valence-electron chi connectivity index (χ4n) is 2.63. The van der Waals surface area contributed by atoms with E-state index in [1.807, 2.05) is 0 Å². The molecule has 0 aliphatic carbocycles. The summed E-state index contributed by atoms with van der Waals surface area (Å²) in [4.78, 5) is 54.0. The molecule has 0 bridgehead atoms. The van der Waals surface area contributed by atoms with Gasteiger partial charge in [0, 0.05) is 24.7 Å². The third-order valence-electron chi connectivity index (χ3n) is 4.20. The zero-order valence-electron chi connectivity index (χ0n) is 16.5. The van der Waals surface area contributed by atoms with Gasteiger partial charge in [-0.1, -0.05) is 12.1 Å². The van der Waals surface area contributed by atoms with Crippen molar-refractivity contribution in [3.63, 3.8) is 0 Å². The number of carbonyl (C=O) groups is 4. The zero-order valence-corrected chi connectivity index (χ0v) is 16.5. The first-order valence-electron chi connectivity index (χ1n) is 9.32. The molecule has 0 fully saturated rings. The summed E-state index contributed by atoms with van der Waals surface area (Å²) < 4.78 is 0. The number of hydrogen-bond donors (Lipinski definition) is 7. The molecule has 0 saturated carbocycles. The normalized spacial score (nSPS) is 12.4. The number of aromatic nitrogens is 2. The van der Waals surface area contributed by atoms with Gasteiger partial charge < -0.3 is 36.9 Å². The molecule has 2 atom stereocenters. The maximum Gasteiger partial charge on any atom is 0.322 e. The number of aliphatic carboxylic acids is 1. The van der Waals surface area contributed by atoms with Crippen LogP contribution in [0.25, 0.3) is 0 Å². The van der Waals surface area contributed by atoms with E-state index in [0.717, 1.165) is 0 Å². The van der Waals surface area contributed by atoms with Crippen molar-refractivity contribution >= 4 is 23.7 Å². The third kappa shape index (κ3) is 8.14. The first-order valence-corrected chi connectivity index (χ1v) is 9.32. The Labute approximate surface area is 177 Å². The molecule has 0 spiro atoms. The Hall–Kier alpha value is -3.93. The van der Waals surface area contributed by atoms with E-state index in [2.05, 4.69) is 25.9 Å². The van der Waals surface area contributed by atoms with Crippen LogP contribution in [0.5, 0.6) is 5.75 Å². The summed E-state index contributed by atoms with van der Waals surface area (Å²) in [6.45, 7) is -1.03. The minimum Gasteiger partial charge on any atom is -0.508 e. The molecule has 3 amide bonds. The predicted molar refractivity (Wildman–Crippen MR) is 108 cm³/mol. The molecule has 2 aromatic rings. The van der Waals surface area contributed by atoms with Crippen molar-refractivity contribution in [2.24, 2.45) is 5.73 Å². The number of aromatic amines is 1. The van der Waals surface area contributed by atoms with Crippen molar-refractivity contribution < 1.29 is 29.4 Å². The first-order chi connectivity index (χ1) is 14.7. The summed E-state index contributed by atoms with van der Waals surface area (Å²) in [5.41, 5.74) is 7.08. The number of carbonyl (C=O) groups excluding carboxylic acids is 3. The Kier molecular flexibility index (Phi) is 8.52. The van der Waals surface area contributed by atoms with Gasteiger partial charge in [0.1, 0.15) is 18.3 Å². The molecule has 166 valence electrons. The SMILES string of the molecule is NC(Cc1cnc[nH]1)C(=O)NCC(=O)NC(Cc1ccc(O)cc1)C(=O)NCC(=O)O. The van der Waals surface area contributed by atoms with Gasteiger partial charge in [0.25, 0.3) is 0 Å². The van der Waals surface area contributed by atoms with Crippen LogP contribution in [0.1, 0.15) is 11.3 Å². The molecule has 12 nitrogen and oxygen atoms in total. The van der Waals surface area contributed by atoms with Crippen molar-refractivity contribution in [1.29, 1.82) is 0 Å². The Morgan fingerprint density at radius 3 is 2.32 bits per heavy atom. The lowest BCUT2D eigenvalue weighted by atomic mass is 10.0. The number of carboxylic acid groups (broad SMARTS) is 1. The minimum atomic E-state index is -1.23. The minimum absolute atomic E-state index is 0.0360. The van der Waals surface area contributed by atoms with E-state index in [4.69, 9.17) is 10.8 Å². The molecule has 0 aliphatic heterocycles. The fraction of sp³-hybridized carbons (Fsp3) is 0.316. The third-order valence-corrected chi connectivity index (χ3v) is 4.20. The van der Waals surface area contributed by atoms with Gasteiger partial charge in [-0.15, -0.1) is 0 Å². The highest BCUT2D eigenvalue weighted by Crippen LogP contribution is 2.11. The number of hydrogen-bond acceptors (Lipinski definition) is 7. The maximum atomic E-state index is 12.3. The summed E-state index contributed by atoms with van der Waals surface area (Å²) >= 11 is 0. The second-order valence-corrected chi connectivity index (χ2v) is 6.71. The number of rotatable bonds is 11. The number of nitrogens with two attached hydrogens (primary N) is 1. The molecular formula is C19H24N6O6. The molecule has 8 N–H and O–H groups in total. The van der Waals surface area contributed by atoms with Crippen LogP contribution >= 0.6 is 0 Å². The molecule has 0 aliphatic rings. The van der Waals surface area contributed by atoms with Crippen LogP contribution in [0.2, 0.25) is 0 Å². The van der Waals surface area contributed by atoms with E-state index < -0.39 is 48.9 Å². The number of amides is 3. The predicted octanol–water partition coefficient (Wildman–Crippen LogP) is -1.97. The van der Waals surface area contributed by atoms with Gasteiger partial charge in [0.15, 0.2) is 0 Å². The molecule has 0 radical (unpaired) electrons. The van der Waals surface area contributed by atoms with Gasteiger partial charge in [-0.2, -0.15) is 0 Å². The van der Waals surface area contributed by atoms with Crippen LogP contribution in [-0.4, -0.2) is 69.0 Å². The van der Waals surface area contributed by atoms with Crippen LogP contribution in [-0.2, 0) is 32.0 Å². The van der Waals surface area contributed by atoms with Gasteiger partial charge in [-0.05, 0) is 17.7 Å². The van der Waals surface area contributed by atoms with Crippen molar-refractivity contribution in [2.45, 2.75) is 24.9 Å². The van der Waals surface area contributed by atoms with Crippen molar-refractivity contribution in [2.75, 3.05) is 13.1 Å². The lowest BCUT2D eigenvalue weighted by Crippen LogP contribution is -2.52. The number of imidazole rings is 1. The number of nitrogens with one attached hydrogen (secondary N) is 4. The molecule has 1 heterocycles. The van der Waals surface area contributed by atoms with Crippen LogP contribution in [0, 0.1) is 0 Å². The Morgan fingerprint density at radius 2 is 1.71 bits per heavy atom. The number of phenols is 1. The van der Waals surface area contributed by atoms with E-state index in [0.29, 0.717) is 11.3 Å². The molecule has 0 saturated heterocycles. The molecule has 1 aromatic carbocycles. The summed E-state index contributed by atoms with van der Waals surface area (Å²) in [5, 5.41) is 25.2. The average molecular weight is 432 g/mol. The number of aromatic hydroxyl groups is 1. The van der Waals surface area contributed by atoms with Crippen LogP contribution < -0.4 is 21.7 Å². The second-order valence-electron chi connectivity index (χ2n) is 6.71. The number of H-pyrrole nitrogens is 1. The van der Waals surface area contributed by atoms with E-state index in [1.165, 1.54) is 24.7 Å². The Balaban J connectivity index is 1.92. The van der Waals surface area contributed by atoms with E-state index in [9.17, 15) is 24.3 Å². The van der Waals surface area contributed by atoms with E-state index in [1.54, 1.807) is 12.1 Å². The molecular weight excluding hydrogens is 408 g/mol. The zero-order chi connectivity index (χ0) is 22.8. The monoisotopic (exact) mass is 432 g/mol. The van der Waals surface area contributed by atoms with Crippen LogP contribution in [0.15, 0.2) is 36.8 Å². The number of carboxylic acids is 1. The van der Waals surface area contributed by atoms with Crippen LogP contribution in [0.3, 0.4) is 0 Å². The number of nitrogens with zero attached hydrogens (tertiary/aromatic N) is 1. The quantitative estimate of drug-likeness (QED) is 0.212. The highest BCUT2D eigenvalue weighted by Gasteiger charge is 2.23. The van der Waals surface area contributed by atoms with E-state index >= 15 is 0 Å². The molecule has 1 aromatic heterocycles. The molecule has 2 rings (SSSR count). The lowest BCUT2D eigenvalue weighted by Gasteiger charge is -2.19. The second kappa shape index (κ2) is 11.3. The molecule has 2 unspecified atom stereocenters. The van der Waals surface area contributed by atoms with Crippen molar-refractivity contribution in [3.05, 3.63) is 48.0 Å². The highest BCUT2D eigenvalue weighted by atomic mass is 16.4. The fourth-order valence-corrected chi connectivity index (χ4v) is 2.63. The largest absolute Gasteiger partial charge is 0.508 e. The Bertz CT molecular complexity index is 899. The highest BCUT2D eigenvalue weighted by molar-refractivity contribution is 5.92. The Morgan fingerprint density at radius 1 is 1.03 bits per heavy atom. The molecule has 12 heteroatoms. The topological polar surface area (TPSA) is 200 Å². The average Bonchev–Trinajstić information content (AvgIpc) is 3.24. The van der Waals surface area contributed by atoms with Crippen molar-refractivity contribution in [1.82, 2.24) is 25.9 Å².